The van der Waals surface area contributed by atoms with Gasteiger partial charge in [-0.25, -0.2) is 9.18 Å². The molecule has 0 aliphatic carbocycles. The molecule has 3 rings (SSSR count). The summed E-state index contributed by atoms with van der Waals surface area (Å²) in [5.41, 5.74) is 6.13. The molecule has 1 unspecified atom stereocenters. The molecule has 3 N–H and O–H groups in total. The highest BCUT2D eigenvalue weighted by Crippen LogP contribution is 2.28. The van der Waals surface area contributed by atoms with E-state index in [9.17, 15) is 14.0 Å². The van der Waals surface area contributed by atoms with Gasteiger partial charge in [0, 0.05) is 13.1 Å². The second-order valence-corrected chi connectivity index (χ2v) is 5.86. The molecule has 2 fully saturated rings. The maximum atomic E-state index is 14.5. The van der Waals surface area contributed by atoms with E-state index in [1.807, 2.05) is 4.90 Å². The van der Waals surface area contributed by atoms with Crippen LogP contribution in [0.4, 0.5) is 20.6 Å². The van der Waals surface area contributed by atoms with Crippen molar-refractivity contribution in [2.75, 3.05) is 55.7 Å². The molecule has 0 saturated carbocycles. The molecule has 0 bridgehead atoms. The summed E-state index contributed by atoms with van der Waals surface area (Å²) in [6.07, 6.45) is -1.06. The Balaban J connectivity index is 0.00000243. The summed E-state index contributed by atoms with van der Waals surface area (Å²) >= 11 is 0. The molecule has 1 atom stereocenters. The molecule has 144 valence electrons. The van der Waals surface area contributed by atoms with Gasteiger partial charge in [0.15, 0.2) is 0 Å². The minimum Gasteiger partial charge on any atom is -0.442 e. The van der Waals surface area contributed by atoms with Crippen LogP contribution in [0.1, 0.15) is 0 Å². The highest BCUT2D eigenvalue weighted by Gasteiger charge is 2.33. The van der Waals surface area contributed by atoms with E-state index in [1.54, 1.807) is 12.1 Å². The minimum absolute atomic E-state index is 0. The lowest BCUT2D eigenvalue weighted by atomic mass is 10.2. The van der Waals surface area contributed by atoms with Gasteiger partial charge in [0.25, 0.3) is 0 Å². The smallest absolute Gasteiger partial charge is 0.414 e. The van der Waals surface area contributed by atoms with Crippen LogP contribution >= 0.6 is 12.4 Å². The van der Waals surface area contributed by atoms with Crippen molar-refractivity contribution in [1.82, 2.24) is 5.32 Å². The number of nitrogens with two attached hydrogens (primary N) is 1. The number of rotatable bonds is 5. The molecule has 1 aromatic rings. The van der Waals surface area contributed by atoms with Gasteiger partial charge in [-0.05, 0) is 18.2 Å². The average Bonchev–Trinajstić information content (AvgIpc) is 3.01. The summed E-state index contributed by atoms with van der Waals surface area (Å²) in [5, 5.41) is 2.57. The molecule has 2 heterocycles. The Morgan fingerprint density at radius 1 is 1.35 bits per heavy atom. The van der Waals surface area contributed by atoms with Crippen molar-refractivity contribution in [3.8, 4) is 0 Å². The van der Waals surface area contributed by atoms with Gasteiger partial charge in [0.05, 0.1) is 44.2 Å². The van der Waals surface area contributed by atoms with E-state index in [0.29, 0.717) is 37.7 Å². The van der Waals surface area contributed by atoms with Gasteiger partial charge in [-0.15, -0.1) is 12.4 Å². The fourth-order valence-corrected chi connectivity index (χ4v) is 2.86. The predicted octanol–water partition coefficient (Wildman–Crippen LogP) is 0.484. The van der Waals surface area contributed by atoms with E-state index < -0.39 is 18.0 Å². The van der Waals surface area contributed by atoms with Gasteiger partial charge in [0.1, 0.15) is 11.9 Å². The Hall–Kier alpha value is -2.10. The number of nitrogens with zero attached hydrogens (tertiary/aromatic N) is 2. The normalized spacial score (nSPS) is 19.8. The lowest BCUT2D eigenvalue weighted by Crippen LogP contribution is -2.37. The van der Waals surface area contributed by atoms with Crippen LogP contribution < -0.4 is 20.9 Å². The van der Waals surface area contributed by atoms with Crippen LogP contribution in [-0.2, 0) is 14.3 Å². The number of ether oxygens (including phenoxy) is 2. The number of hydrogen-bond donors (Lipinski definition) is 2. The second-order valence-electron chi connectivity index (χ2n) is 5.86. The molecule has 10 heteroatoms. The molecule has 1 aromatic carbocycles. The third kappa shape index (κ3) is 4.54. The van der Waals surface area contributed by atoms with Crippen molar-refractivity contribution >= 4 is 35.8 Å². The number of carbonyl (C=O) groups excluding carboxylic acids is 2. The van der Waals surface area contributed by atoms with E-state index in [0.717, 1.165) is 0 Å². The molecule has 2 saturated heterocycles. The monoisotopic (exact) mass is 388 g/mol. The van der Waals surface area contributed by atoms with E-state index in [-0.39, 0.29) is 37.9 Å². The van der Waals surface area contributed by atoms with Crippen molar-refractivity contribution in [2.24, 2.45) is 5.73 Å². The van der Waals surface area contributed by atoms with Crippen molar-refractivity contribution in [3.05, 3.63) is 24.0 Å². The fraction of sp³-hybridized carbons (Fsp3) is 0.500. The number of amides is 2. The Labute approximate surface area is 156 Å². The first-order valence-corrected chi connectivity index (χ1v) is 8.15. The van der Waals surface area contributed by atoms with Gasteiger partial charge in [-0.1, -0.05) is 0 Å². The standard InChI is InChI=1S/C16H21FN4O4.ClH/c17-13-7-11(1-2-14(13)20-3-5-24-6-4-20)21-10-12(25-16(21)23)9-19-15(22)8-18;/h1-2,7,12H,3-6,8-10,18H2,(H,19,22);1H. The van der Waals surface area contributed by atoms with Crippen molar-refractivity contribution in [2.45, 2.75) is 6.10 Å². The number of carbonyl (C=O) groups is 2. The maximum Gasteiger partial charge on any atom is 0.414 e. The first-order valence-electron chi connectivity index (χ1n) is 8.15. The highest BCUT2D eigenvalue weighted by molar-refractivity contribution is 5.90. The van der Waals surface area contributed by atoms with Crippen LogP contribution in [0.2, 0.25) is 0 Å². The molecule has 26 heavy (non-hydrogen) atoms. The largest absolute Gasteiger partial charge is 0.442 e. The van der Waals surface area contributed by atoms with Gasteiger partial charge in [-0.2, -0.15) is 0 Å². The van der Waals surface area contributed by atoms with E-state index in [4.69, 9.17) is 15.2 Å². The zero-order valence-electron chi connectivity index (χ0n) is 14.2. The molecule has 2 aliphatic rings. The van der Waals surface area contributed by atoms with E-state index in [2.05, 4.69) is 5.32 Å². The molecule has 0 spiro atoms. The molecule has 0 radical (unpaired) electrons. The fourth-order valence-electron chi connectivity index (χ4n) is 2.86. The second kappa shape index (κ2) is 9.02. The zero-order valence-corrected chi connectivity index (χ0v) is 15.0. The molecule has 2 aliphatic heterocycles. The summed E-state index contributed by atoms with van der Waals surface area (Å²) < 4.78 is 24.9. The number of benzene rings is 1. The Morgan fingerprint density at radius 2 is 2.08 bits per heavy atom. The molecule has 8 nitrogen and oxygen atoms in total. The number of halogens is 2. The van der Waals surface area contributed by atoms with Crippen molar-refractivity contribution in [3.63, 3.8) is 0 Å². The minimum atomic E-state index is -0.564. The summed E-state index contributed by atoms with van der Waals surface area (Å²) in [7, 11) is 0. The summed E-state index contributed by atoms with van der Waals surface area (Å²) in [4.78, 5) is 26.5. The molecule has 2 amide bonds. The highest BCUT2D eigenvalue weighted by atomic mass is 35.5. The van der Waals surface area contributed by atoms with Gasteiger partial charge >= 0.3 is 6.09 Å². The third-order valence-corrected chi connectivity index (χ3v) is 4.18. The SMILES string of the molecule is Cl.NCC(=O)NCC1CN(c2ccc(N3CCOCC3)c(F)c2)C(=O)O1. The van der Waals surface area contributed by atoms with Gasteiger partial charge in [-0.3, -0.25) is 9.69 Å². The van der Waals surface area contributed by atoms with Crippen LogP contribution in [0.5, 0.6) is 0 Å². The lowest BCUT2D eigenvalue weighted by Gasteiger charge is -2.29. The number of nitrogens with one attached hydrogen (secondary N) is 1. The van der Waals surface area contributed by atoms with Gasteiger partial charge < -0.3 is 25.4 Å². The maximum absolute atomic E-state index is 14.5. The van der Waals surface area contributed by atoms with Crippen LogP contribution in [0.3, 0.4) is 0 Å². The van der Waals surface area contributed by atoms with Crippen molar-refractivity contribution in [1.29, 1.82) is 0 Å². The Kier molecular flexibility index (Phi) is 7.01. The van der Waals surface area contributed by atoms with Crippen LogP contribution in [0.25, 0.3) is 0 Å². The zero-order chi connectivity index (χ0) is 17.8. The number of hydrogen-bond acceptors (Lipinski definition) is 6. The third-order valence-electron chi connectivity index (χ3n) is 4.18. The first kappa shape index (κ1) is 20.2. The summed E-state index contributed by atoms with van der Waals surface area (Å²) in [5.74, 6) is -0.720. The Morgan fingerprint density at radius 3 is 2.73 bits per heavy atom. The van der Waals surface area contributed by atoms with Gasteiger partial charge in [0.2, 0.25) is 5.91 Å². The first-order chi connectivity index (χ1) is 12.1. The molecule has 0 aromatic heterocycles. The number of morpholine rings is 1. The van der Waals surface area contributed by atoms with E-state index in [1.165, 1.54) is 11.0 Å². The van der Waals surface area contributed by atoms with E-state index >= 15 is 0 Å². The van der Waals surface area contributed by atoms with Crippen LogP contribution in [-0.4, -0.2) is 64.0 Å². The van der Waals surface area contributed by atoms with Crippen molar-refractivity contribution < 1.29 is 23.5 Å². The Bertz CT molecular complexity index is 657. The number of anilines is 2. The molecular weight excluding hydrogens is 367 g/mol. The quantitative estimate of drug-likeness (QED) is 0.761. The van der Waals surface area contributed by atoms with Crippen LogP contribution in [0.15, 0.2) is 18.2 Å². The van der Waals surface area contributed by atoms with Crippen LogP contribution in [0, 0.1) is 5.82 Å². The summed E-state index contributed by atoms with van der Waals surface area (Å²) in [6, 6.07) is 4.68. The predicted molar refractivity (Wildman–Crippen MR) is 96.4 cm³/mol. The lowest BCUT2D eigenvalue weighted by molar-refractivity contribution is -0.120. The topological polar surface area (TPSA) is 97.1 Å². The molecular formula is C16H22ClFN4O4. The summed E-state index contributed by atoms with van der Waals surface area (Å²) in [6.45, 7) is 2.67. The number of cyclic esters (lactones) is 1. The average molecular weight is 389 g/mol.